The Bertz CT molecular complexity index is 684. The number of oxime groups is 1. The van der Waals surface area contributed by atoms with Crippen LogP contribution in [0.4, 0.5) is 0 Å². The fourth-order valence-electron chi connectivity index (χ4n) is 2.03. The van der Waals surface area contributed by atoms with Crippen LogP contribution in [0.15, 0.2) is 41.6 Å². The van der Waals surface area contributed by atoms with E-state index in [9.17, 15) is 0 Å². The van der Waals surface area contributed by atoms with Gasteiger partial charge in [-0.15, -0.1) is 0 Å². The highest BCUT2D eigenvalue weighted by Crippen LogP contribution is 2.27. The molecule has 0 amide bonds. The number of benzene rings is 2. The summed E-state index contributed by atoms with van der Waals surface area (Å²) >= 11 is 6.09. The van der Waals surface area contributed by atoms with Gasteiger partial charge in [0.2, 0.25) is 0 Å². The molecule has 110 valence electrons. The maximum atomic E-state index is 8.85. The molecule has 2 aromatic carbocycles. The van der Waals surface area contributed by atoms with Crippen molar-refractivity contribution in [3.05, 3.63) is 63.7 Å². The minimum atomic E-state index is -0.0726. The van der Waals surface area contributed by atoms with Crippen molar-refractivity contribution >= 4 is 17.4 Å². The molecule has 2 aromatic rings. The zero-order valence-electron chi connectivity index (χ0n) is 11.9. The van der Waals surface area contributed by atoms with Crippen LogP contribution in [0.5, 0.6) is 5.75 Å². The SMILES string of the molecule is Cc1ccc(C)c(COc2cccc(Cl)c2/C(N)=N/O)c1. The van der Waals surface area contributed by atoms with Gasteiger partial charge in [0.25, 0.3) is 0 Å². The van der Waals surface area contributed by atoms with Crippen LogP contribution in [0.1, 0.15) is 22.3 Å². The molecule has 0 aliphatic heterocycles. The molecule has 2 rings (SSSR count). The molecular weight excluding hydrogens is 288 g/mol. The van der Waals surface area contributed by atoms with E-state index in [1.54, 1.807) is 18.2 Å². The smallest absolute Gasteiger partial charge is 0.175 e. The molecule has 0 aliphatic rings. The van der Waals surface area contributed by atoms with Crippen LogP contribution in [-0.4, -0.2) is 11.0 Å². The van der Waals surface area contributed by atoms with Gasteiger partial charge in [-0.2, -0.15) is 0 Å². The van der Waals surface area contributed by atoms with E-state index in [2.05, 4.69) is 23.4 Å². The zero-order valence-corrected chi connectivity index (χ0v) is 12.7. The molecule has 0 bridgehead atoms. The summed E-state index contributed by atoms with van der Waals surface area (Å²) in [7, 11) is 0. The third-order valence-corrected chi connectivity index (χ3v) is 3.54. The van der Waals surface area contributed by atoms with Crippen LogP contribution in [0.25, 0.3) is 0 Å². The van der Waals surface area contributed by atoms with Crippen LogP contribution in [0.3, 0.4) is 0 Å². The third kappa shape index (κ3) is 3.47. The monoisotopic (exact) mass is 304 g/mol. The van der Waals surface area contributed by atoms with Crippen LogP contribution in [-0.2, 0) is 6.61 Å². The molecule has 0 radical (unpaired) electrons. The summed E-state index contributed by atoms with van der Waals surface area (Å²) < 4.78 is 5.81. The van der Waals surface area contributed by atoms with Crippen molar-refractivity contribution in [1.82, 2.24) is 0 Å². The zero-order chi connectivity index (χ0) is 15.4. The van der Waals surface area contributed by atoms with Gasteiger partial charge in [0.05, 0.1) is 10.6 Å². The largest absolute Gasteiger partial charge is 0.488 e. The van der Waals surface area contributed by atoms with Crippen molar-refractivity contribution < 1.29 is 9.94 Å². The number of rotatable bonds is 4. The van der Waals surface area contributed by atoms with Crippen molar-refractivity contribution in [3.63, 3.8) is 0 Å². The normalized spacial score (nSPS) is 11.5. The number of hydrogen-bond donors (Lipinski definition) is 2. The predicted molar refractivity (Wildman–Crippen MR) is 84.2 cm³/mol. The molecule has 4 nitrogen and oxygen atoms in total. The Labute approximate surface area is 128 Å². The number of hydrogen-bond acceptors (Lipinski definition) is 3. The number of aryl methyl sites for hydroxylation is 2. The van der Waals surface area contributed by atoms with E-state index in [0.29, 0.717) is 22.9 Å². The molecule has 3 N–H and O–H groups in total. The van der Waals surface area contributed by atoms with Gasteiger partial charge in [-0.3, -0.25) is 0 Å². The summed E-state index contributed by atoms with van der Waals surface area (Å²) in [5.74, 6) is 0.412. The molecule has 0 unspecified atom stereocenters. The third-order valence-electron chi connectivity index (χ3n) is 3.23. The van der Waals surface area contributed by atoms with Crippen molar-refractivity contribution in [2.45, 2.75) is 20.5 Å². The lowest BCUT2D eigenvalue weighted by atomic mass is 10.1. The van der Waals surface area contributed by atoms with Crippen LogP contribution in [0.2, 0.25) is 5.02 Å². The number of ether oxygens (including phenoxy) is 1. The summed E-state index contributed by atoms with van der Waals surface area (Å²) in [4.78, 5) is 0. The fraction of sp³-hybridized carbons (Fsp3) is 0.188. The summed E-state index contributed by atoms with van der Waals surface area (Å²) in [5, 5.41) is 12.2. The Kier molecular flexibility index (Phi) is 4.70. The molecule has 0 spiro atoms. The average Bonchev–Trinajstić information content (AvgIpc) is 2.47. The summed E-state index contributed by atoms with van der Waals surface area (Å²) in [5.41, 5.74) is 9.45. The van der Waals surface area contributed by atoms with Crippen molar-refractivity contribution in [2.24, 2.45) is 10.9 Å². The minimum Gasteiger partial charge on any atom is -0.488 e. The molecule has 0 aliphatic carbocycles. The Morgan fingerprint density at radius 2 is 2.05 bits per heavy atom. The lowest BCUT2D eigenvalue weighted by molar-refractivity contribution is 0.302. The first kappa shape index (κ1) is 15.2. The first-order valence-corrected chi connectivity index (χ1v) is 6.86. The van der Waals surface area contributed by atoms with Gasteiger partial charge in [-0.25, -0.2) is 0 Å². The highest BCUT2D eigenvalue weighted by atomic mass is 35.5. The second kappa shape index (κ2) is 6.50. The maximum absolute atomic E-state index is 8.85. The Morgan fingerprint density at radius 1 is 1.29 bits per heavy atom. The van der Waals surface area contributed by atoms with Gasteiger partial charge >= 0.3 is 0 Å². The Hall–Kier alpha value is -2.20. The Morgan fingerprint density at radius 3 is 2.76 bits per heavy atom. The number of nitrogens with zero attached hydrogens (tertiary/aromatic N) is 1. The average molecular weight is 305 g/mol. The minimum absolute atomic E-state index is 0.0726. The molecule has 0 atom stereocenters. The van der Waals surface area contributed by atoms with E-state index in [1.165, 1.54) is 5.56 Å². The van der Waals surface area contributed by atoms with Crippen molar-refractivity contribution in [1.29, 1.82) is 0 Å². The first-order valence-electron chi connectivity index (χ1n) is 6.48. The second-order valence-electron chi connectivity index (χ2n) is 4.82. The predicted octanol–water partition coefficient (Wildman–Crippen LogP) is 3.63. The van der Waals surface area contributed by atoms with Crippen molar-refractivity contribution in [2.75, 3.05) is 0 Å². The lowest BCUT2D eigenvalue weighted by Crippen LogP contribution is -2.15. The highest BCUT2D eigenvalue weighted by molar-refractivity contribution is 6.34. The molecular formula is C16H17ClN2O2. The highest BCUT2D eigenvalue weighted by Gasteiger charge is 2.13. The van der Waals surface area contributed by atoms with Crippen LogP contribution in [0, 0.1) is 13.8 Å². The van der Waals surface area contributed by atoms with E-state index in [1.807, 2.05) is 13.8 Å². The van der Waals surface area contributed by atoms with E-state index < -0.39 is 0 Å². The quantitative estimate of drug-likeness (QED) is 0.392. The second-order valence-corrected chi connectivity index (χ2v) is 5.22. The fourth-order valence-corrected chi connectivity index (χ4v) is 2.30. The standard InChI is InChI=1S/C16H17ClN2O2/c1-10-6-7-11(2)12(8-10)9-21-14-5-3-4-13(17)15(14)16(18)19-20/h3-8,20H,9H2,1-2H3,(H2,18,19). The van der Waals surface area contributed by atoms with E-state index in [0.717, 1.165) is 11.1 Å². The van der Waals surface area contributed by atoms with E-state index in [4.69, 9.17) is 27.3 Å². The van der Waals surface area contributed by atoms with E-state index >= 15 is 0 Å². The topological polar surface area (TPSA) is 67.8 Å². The Balaban J connectivity index is 2.28. The molecule has 0 aromatic heterocycles. The lowest BCUT2D eigenvalue weighted by Gasteiger charge is -2.13. The van der Waals surface area contributed by atoms with Gasteiger partial charge in [0.1, 0.15) is 12.4 Å². The van der Waals surface area contributed by atoms with Gasteiger partial charge in [-0.1, -0.05) is 46.6 Å². The molecule has 5 heteroatoms. The molecule has 0 heterocycles. The van der Waals surface area contributed by atoms with Crippen LogP contribution < -0.4 is 10.5 Å². The van der Waals surface area contributed by atoms with Crippen LogP contribution >= 0.6 is 11.6 Å². The van der Waals surface area contributed by atoms with Gasteiger partial charge < -0.3 is 15.7 Å². The molecule has 0 saturated carbocycles. The summed E-state index contributed by atoms with van der Waals surface area (Å²) in [6.07, 6.45) is 0. The van der Waals surface area contributed by atoms with Gasteiger partial charge in [-0.05, 0) is 37.1 Å². The number of nitrogens with two attached hydrogens (primary N) is 1. The first-order chi connectivity index (χ1) is 10.0. The van der Waals surface area contributed by atoms with E-state index in [-0.39, 0.29) is 5.84 Å². The van der Waals surface area contributed by atoms with Crippen molar-refractivity contribution in [3.8, 4) is 5.75 Å². The van der Waals surface area contributed by atoms with Gasteiger partial charge in [0, 0.05) is 0 Å². The summed E-state index contributed by atoms with van der Waals surface area (Å²) in [6.45, 7) is 4.45. The number of amidine groups is 1. The number of halogens is 1. The summed E-state index contributed by atoms with van der Waals surface area (Å²) in [6, 6.07) is 11.3. The molecule has 0 fully saturated rings. The molecule has 0 saturated heterocycles. The van der Waals surface area contributed by atoms with Gasteiger partial charge in [0.15, 0.2) is 5.84 Å². The maximum Gasteiger partial charge on any atom is 0.175 e. The molecule has 21 heavy (non-hydrogen) atoms.